The molecule has 392 valence electrons. The summed E-state index contributed by atoms with van der Waals surface area (Å²) in [6.45, 7) is 4.79. The Kier molecular flexibility index (Phi) is 47.9. The summed E-state index contributed by atoms with van der Waals surface area (Å²) in [5.74, 6) is -0.148. The molecular weight excluding hydrogens is 852 g/mol. The maximum absolute atomic E-state index is 13.0. The number of rotatable bonds is 51. The fraction of sp³-hybridized carbons (Fsp3) is 0.810. The number of aliphatic hydroxyl groups excluding tert-OH is 1. The van der Waals surface area contributed by atoms with Crippen molar-refractivity contribution in [2.45, 2.75) is 264 Å². The molecule has 0 spiro atoms. The Morgan fingerprint density at radius 3 is 1.31 bits per heavy atom. The third-order valence-corrected chi connectivity index (χ3v) is 13.5. The topological polar surface area (TPSA) is 105 Å². The van der Waals surface area contributed by atoms with Crippen molar-refractivity contribution in [3.63, 3.8) is 0 Å². The Morgan fingerprint density at radius 2 is 0.896 bits per heavy atom. The number of carbonyl (C=O) groups is 1. The average molecular weight is 962 g/mol. The first-order valence-corrected chi connectivity index (χ1v) is 29.6. The lowest BCUT2D eigenvalue weighted by Crippen LogP contribution is -2.46. The Balaban J connectivity index is 4.18. The lowest BCUT2D eigenvalue weighted by Gasteiger charge is -2.26. The number of hydrogen-bond acceptors (Lipinski definition) is 5. The van der Waals surface area contributed by atoms with Crippen LogP contribution in [-0.4, -0.2) is 73.4 Å². The van der Waals surface area contributed by atoms with E-state index in [1.54, 1.807) is 0 Å². The van der Waals surface area contributed by atoms with Crippen LogP contribution in [-0.2, 0) is 18.4 Å². The van der Waals surface area contributed by atoms with Gasteiger partial charge in [-0.05, 0) is 57.8 Å². The third-order valence-electron chi connectivity index (χ3n) is 12.5. The zero-order chi connectivity index (χ0) is 49.2. The fourth-order valence-corrected chi connectivity index (χ4v) is 8.87. The van der Waals surface area contributed by atoms with E-state index < -0.39 is 20.0 Å². The summed E-state index contributed by atoms with van der Waals surface area (Å²) in [4.78, 5) is 23.3. The van der Waals surface area contributed by atoms with E-state index in [1.807, 2.05) is 21.1 Å². The highest BCUT2D eigenvalue weighted by Crippen LogP contribution is 2.43. The van der Waals surface area contributed by atoms with Gasteiger partial charge < -0.3 is 19.8 Å². The largest absolute Gasteiger partial charge is 0.472 e. The minimum absolute atomic E-state index is 0.0726. The van der Waals surface area contributed by atoms with Gasteiger partial charge in [-0.15, -0.1) is 0 Å². The van der Waals surface area contributed by atoms with Gasteiger partial charge in [-0.25, -0.2) is 4.57 Å². The van der Waals surface area contributed by atoms with Crippen molar-refractivity contribution in [3.05, 3.63) is 60.8 Å². The minimum atomic E-state index is -4.33. The molecule has 3 atom stereocenters. The fourth-order valence-electron chi connectivity index (χ4n) is 8.13. The Hall–Kier alpha value is -1.80. The summed E-state index contributed by atoms with van der Waals surface area (Å²) >= 11 is 0. The zero-order valence-electron chi connectivity index (χ0n) is 44.6. The maximum Gasteiger partial charge on any atom is 0.472 e. The van der Waals surface area contributed by atoms with Gasteiger partial charge in [0.2, 0.25) is 5.91 Å². The molecule has 0 bridgehead atoms. The molecule has 0 saturated carbocycles. The predicted octanol–water partition coefficient (Wildman–Crippen LogP) is 16.9. The second-order valence-corrected chi connectivity index (χ2v) is 21.7. The number of unbranched alkanes of at least 4 members (excludes halogenated alkanes) is 28. The third kappa shape index (κ3) is 51.9. The first kappa shape index (κ1) is 65.2. The highest BCUT2D eigenvalue weighted by Gasteiger charge is 2.28. The van der Waals surface area contributed by atoms with Crippen LogP contribution in [0, 0.1) is 0 Å². The molecule has 0 aromatic heterocycles. The lowest BCUT2D eigenvalue weighted by molar-refractivity contribution is -0.870. The van der Waals surface area contributed by atoms with Gasteiger partial charge >= 0.3 is 7.82 Å². The first-order chi connectivity index (χ1) is 32.5. The van der Waals surface area contributed by atoms with Crippen molar-refractivity contribution in [2.75, 3.05) is 40.9 Å². The molecule has 9 heteroatoms. The molecule has 0 saturated heterocycles. The monoisotopic (exact) mass is 962 g/mol. The van der Waals surface area contributed by atoms with Gasteiger partial charge in [0.15, 0.2) is 0 Å². The molecule has 0 fully saturated rings. The van der Waals surface area contributed by atoms with Crippen LogP contribution in [0.15, 0.2) is 60.8 Å². The smallest absolute Gasteiger partial charge is 0.391 e. The van der Waals surface area contributed by atoms with E-state index >= 15 is 0 Å². The van der Waals surface area contributed by atoms with Crippen LogP contribution in [0.1, 0.15) is 251 Å². The van der Waals surface area contributed by atoms with Crippen molar-refractivity contribution in [3.8, 4) is 0 Å². The van der Waals surface area contributed by atoms with Crippen LogP contribution in [0.3, 0.4) is 0 Å². The van der Waals surface area contributed by atoms with Crippen LogP contribution in [0.5, 0.6) is 0 Å². The molecule has 1 amide bonds. The summed E-state index contributed by atoms with van der Waals surface area (Å²) in [6, 6.07) is -0.765. The van der Waals surface area contributed by atoms with Crippen molar-refractivity contribution in [2.24, 2.45) is 0 Å². The van der Waals surface area contributed by atoms with Gasteiger partial charge in [0, 0.05) is 6.42 Å². The number of amides is 1. The molecule has 8 nitrogen and oxygen atoms in total. The van der Waals surface area contributed by atoms with E-state index in [0.29, 0.717) is 23.9 Å². The molecule has 0 heterocycles. The van der Waals surface area contributed by atoms with E-state index in [-0.39, 0.29) is 19.1 Å². The molecule has 0 aliphatic rings. The number of quaternary nitrogens is 1. The molecule has 3 unspecified atom stereocenters. The summed E-state index contributed by atoms with van der Waals surface area (Å²) in [7, 11) is 1.61. The highest BCUT2D eigenvalue weighted by atomic mass is 31.2. The molecule has 3 N–H and O–H groups in total. The number of nitrogens with zero attached hydrogens (tertiary/aromatic N) is 1. The van der Waals surface area contributed by atoms with E-state index in [0.717, 1.165) is 70.6 Å². The minimum Gasteiger partial charge on any atom is -0.391 e. The molecule has 0 aromatic rings. The number of hydrogen-bond donors (Lipinski definition) is 3. The number of likely N-dealkylation sites (N-methyl/N-ethyl adjacent to an activating group) is 1. The second-order valence-electron chi connectivity index (χ2n) is 20.3. The molecule has 0 radical (unpaired) electrons. The maximum atomic E-state index is 13.0. The van der Waals surface area contributed by atoms with Gasteiger partial charge in [-0.1, -0.05) is 248 Å². The molecule has 67 heavy (non-hydrogen) atoms. The molecule has 0 aromatic carbocycles. The number of aliphatic hydroxyl groups is 1. The van der Waals surface area contributed by atoms with E-state index in [1.165, 1.54) is 154 Å². The molecular formula is C58H110N2O6P+. The highest BCUT2D eigenvalue weighted by molar-refractivity contribution is 7.47. The number of allylic oxidation sites excluding steroid dienone is 10. The van der Waals surface area contributed by atoms with Gasteiger partial charge in [-0.2, -0.15) is 0 Å². The van der Waals surface area contributed by atoms with Crippen molar-refractivity contribution in [1.82, 2.24) is 5.32 Å². The quantitative estimate of drug-likeness (QED) is 0.0243. The van der Waals surface area contributed by atoms with Crippen molar-refractivity contribution < 1.29 is 32.9 Å². The van der Waals surface area contributed by atoms with Crippen molar-refractivity contribution >= 4 is 13.7 Å². The number of nitrogens with one attached hydrogen (secondary N) is 1. The second kappa shape index (κ2) is 49.2. The summed E-state index contributed by atoms with van der Waals surface area (Å²) in [5.41, 5.74) is 0. The van der Waals surface area contributed by atoms with Crippen LogP contribution in [0.4, 0.5) is 0 Å². The predicted molar refractivity (Wildman–Crippen MR) is 290 cm³/mol. The standard InChI is InChI=1S/C58H109N2O6P/c1-6-8-10-12-14-16-18-20-22-24-26-27-28-29-30-31-32-33-34-36-38-40-42-44-46-48-50-52-58(62)59-56(55-66-67(63,64)65-54-53-60(3,4)5)57(61)51-49-47-45-43-41-39-37-35-25-23-21-19-17-15-13-11-9-7-2/h8,10,14,16,20,22,26-27,29-30,56-57,61H,6-7,9,11-13,15,17-19,21,23-25,28,31-55H2,1-5H3,(H-,59,62,63,64)/p+1/b10-8-,16-14-,22-20-,27-26-,30-29-. The van der Waals surface area contributed by atoms with Crippen LogP contribution < -0.4 is 5.32 Å². The Morgan fingerprint density at radius 1 is 0.522 bits per heavy atom. The van der Waals surface area contributed by atoms with E-state index in [4.69, 9.17) is 9.05 Å². The van der Waals surface area contributed by atoms with Crippen LogP contribution in [0.2, 0.25) is 0 Å². The van der Waals surface area contributed by atoms with Gasteiger partial charge in [0.1, 0.15) is 13.2 Å². The summed E-state index contributed by atoms with van der Waals surface area (Å²) in [5, 5.41) is 14.1. The van der Waals surface area contributed by atoms with Crippen molar-refractivity contribution in [1.29, 1.82) is 0 Å². The number of carbonyl (C=O) groups excluding carboxylic acids is 1. The Labute approximate surface area is 415 Å². The number of phosphoric ester groups is 1. The van der Waals surface area contributed by atoms with E-state index in [9.17, 15) is 19.4 Å². The number of phosphoric acid groups is 1. The normalized spacial score (nSPS) is 14.4. The molecule has 0 rings (SSSR count). The van der Waals surface area contributed by atoms with Crippen LogP contribution in [0.25, 0.3) is 0 Å². The lowest BCUT2D eigenvalue weighted by atomic mass is 10.0. The van der Waals surface area contributed by atoms with E-state index in [2.05, 4.69) is 79.9 Å². The van der Waals surface area contributed by atoms with Crippen LogP contribution >= 0.6 is 7.82 Å². The molecule has 0 aliphatic heterocycles. The van der Waals surface area contributed by atoms with Gasteiger partial charge in [0.05, 0.1) is 39.9 Å². The Bertz CT molecular complexity index is 1270. The SMILES string of the molecule is CC/C=C\C/C=C\C/C=C\C/C=C\C/C=C\CCCCCCCCCCCCCC(=O)NC(COP(=O)(O)OCC[N+](C)(C)C)C(O)CCCCCCCCCCCCCCCCCCCC. The van der Waals surface area contributed by atoms with Gasteiger partial charge in [-0.3, -0.25) is 13.8 Å². The zero-order valence-corrected chi connectivity index (χ0v) is 45.5. The van der Waals surface area contributed by atoms with Gasteiger partial charge in [0.25, 0.3) is 0 Å². The summed E-state index contributed by atoms with van der Waals surface area (Å²) in [6.07, 6.45) is 65.5. The average Bonchev–Trinajstić information content (AvgIpc) is 3.29. The summed E-state index contributed by atoms with van der Waals surface area (Å²) < 4.78 is 23.8. The first-order valence-electron chi connectivity index (χ1n) is 28.2. The molecule has 0 aliphatic carbocycles.